The number of carbonyl (C=O) groups excluding carboxylic acids is 1. The molecule has 1 aliphatic heterocycles. The van der Waals surface area contributed by atoms with Gasteiger partial charge in [0.05, 0.1) is 0 Å². The normalized spacial score (nSPS) is 30.3. The predicted molar refractivity (Wildman–Crippen MR) is 80.3 cm³/mol. The Labute approximate surface area is 129 Å². The van der Waals surface area contributed by atoms with E-state index in [0.29, 0.717) is 24.2 Å². The van der Waals surface area contributed by atoms with Gasteiger partial charge < -0.3 is 4.74 Å². The Bertz CT molecular complexity index is 688. The van der Waals surface area contributed by atoms with Crippen molar-refractivity contribution in [3.8, 4) is 6.07 Å². The summed E-state index contributed by atoms with van der Waals surface area (Å²) in [4.78, 5) is 16.7. The largest absolute Gasteiger partial charge is 0.464 e. The van der Waals surface area contributed by atoms with E-state index in [0.717, 1.165) is 5.56 Å². The van der Waals surface area contributed by atoms with E-state index in [1.165, 1.54) is 0 Å². The van der Waals surface area contributed by atoms with Crippen molar-refractivity contribution in [2.45, 2.75) is 44.8 Å². The van der Waals surface area contributed by atoms with Gasteiger partial charge in [-0.2, -0.15) is 5.26 Å². The molecule has 0 fully saturated rings. The Hall–Kier alpha value is -2.19. The zero-order valence-electron chi connectivity index (χ0n) is 12.8. The Kier molecular flexibility index (Phi) is 3.30. The van der Waals surface area contributed by atoms with Crippen LogP contribution in [0.25, 0.3) is 0 Å². The molecule has 22 heavy (non-hydrogen) atoms. The van der Waals surface area contributed by atoms with Gasteiger partial charge >= 0.3 is 0 Å². The summed E-state index contributed by atoms with van der Waals surface area (Å²) in [6.07, 6.45) is 4.76. The fraction of sp³-hybridized carbons (Fsp3) is 0.471. The number of nitrogens with two attached hydrogens (primary N) is 1. The maximum atomic E-state index is 12.7. The molecule has 2 heterocycles. The van der Waals surface area contributed by atoms with Gasteiger partial charge in [-0.05, 0) is 23.1 Å². The van der Waals surface area contributed by atoms with E-state index in [-0.39, 0.29) is 23.5 Å². The minimum Gasteiger partial charge on any atom is -0.464 e. The molecular formula is C17H19N3O2. The molecule has 2 unspecified atom stereocenters. The number of hydrogen-bond acceptors (Lipinski definition) is 5. The third kappa shape index (κ3) is 2.51. The average molecular weight is 297 g/mol. The Balaban J connectivity index is 2.12. The summed E-state index contributed by atoms with van der Waals surface area (Å²) in [6.45, 7) is 4.05. The first-order valence-corrected chi connectivity index (χ1v) is 7.39. The molecule has 0 bridgehead atoms. The first-order chi connectivity index (χ1) is 10.3. The molecule has 3 rings (SSSR count). The van der Waals surface area contributed by atoms with E-state index in [4.69, 9.17) is 10.5 Å². The lowest BCUT2D eigenvalue weighted by molar-refractivity contribution is -0.120. The number of allylic oxidation sites excluding steroid dienone is 2. The molecule has 0 spiro atoms. The van der Waals surface area contributed by atoms with Gasteiger partial charge in [-0.25, -0.2) is 0 Å². The molecule has 1 aromatic heterocycles. The average Bonchev–Trinajstić information content (AvgIpc) is 2.45. The minimum absolute atomic E-state index is 0.0908. The summed E-state index contributed by atoms with van der Waals surface area (Å²) < 4.78 is 5.74. The molecule has 1 aliphatic carbocycles. The van der Waals surface area contributed by atoms with Crippen LogP contribution in [0, 0.1) is 16.7 Å². The number of Topliss-reactive ketones (excluding diaryl/α,β-unsaturated/α-hetero) is 1. The molecule has 5 nitrogen and oxygen atoms in total. The van der Waals surface area contributed by atoms with Gasteiger partial charge in [0, 0.05) is 43.1 Å². The predicted octanol–water partition coefficient (Wildman–Crippen LogP) is 2.41. The van der Waals surface area contributed by atoms with Crippen LogP contribution in [-0.2, 0) is 9.53 Å². The second-order valence-corrected chi connectivity index (χ2v) is 6.92. The Morgan fingerprint density at radius 3 is 2.68 bits per heavy atom. The van der Waals surface area contributed by atoms with E-state index in [9.17, 15) is 10.1 Å². The number of hydrogen-bond donors (Lipinski definition) is 1. The number of ketones is 1. The summed E-state index contributed by atoms with van der Waals surface area (Å²) in [6, 6.07) is 5.78. The van der Waals surface area contributed by atoms with Gasteiger partial charge in [-0.3, -0.25) is 15.5 Å². The van der Waals surface area contributed by atoms with E-state index in [1.807, 2.05) is 32.0 Å². The molecule has 1 aromatic rings. The number of ether oxygens (including phenoxy) is 1. The van der Waals surface area contributed by atoms with Gasteiger partial charge in [-0.15, -0.1) is 0 Å². The zero-order chi connectivity index (χ0) is 16.0. The van der Waals surface area contributed by atoms with E-state index < -0.39 is 5.72 Å². The summed E-state index contributed by atoms with van der Waals surface area (Å²) in [5.74, 6) is 0.464. The highest BCUT2D eigenvalue weighted by molar-refractivity contribution is 5.99. The lowest BCUT2D eigenvalue weighted by Gasteiger charge is -2.42. The lowest BCUT2D eigenvalue weighted by Crippen LogP contribution is -2.48. The molecule has 0 radical (unpaired) electrons. The van der Waals surface area contributed by atoms with Crippen molar-refractivity contribution in [1.29, 1.82) is 5.26 Å². The van der Waals surface area contributed by atoms with Crippen LogP contribution in [0.3, 0.4) is 0 Å². The topological polar surface area (TPSA) is 89.0 Å². The highest BCUT2D eigenvalue weighted by atomic mass is 16.5. The van der Waals surface area contributed by atoms with Crippen molar-refractivity contribution in [2.24, 2.45) is 11.1 Å². The van der Waals surface area contributed by atoms with Gasteiger partial charge in [0.1, 0.15) is 11.8 Å². The van der Waals surface area contributed by atoms with Gasteiger partial charge in [-0.1, -0.05) is 13.8 Å². The quantitative estimate of drug-likeness (QED) is 0.859. The highest BCUT2D eigenvalue weighted by Crippen LogP contribution is 2.48. The molecule has 0 aromatic carbocycles. The zero-order valence-corrected chi connectivity index (χ0v) is 12.8. The van der Waals surface area contributed by atoms with Crippen molar-refractivity contribution < 1.29 is 9.53 Å². The molecule has 2 atom stereocenters. The Morgan fingerprint density at radius 2 is 2.05 bits per heavy atom. The monoisotopic (exact) mass is 297 g/mol. The standard InChI is InChI=1S/C17H19N3O2/c1-16(2)8-13(21)15-12(11-3-5-20-6-4-11)7-17(19,10-18)22-14(15)9-16/h3-6,12H,7-9,19H2,1-2H3. The van der Waals surface area contributed by atoms with Crippen LogP contribution >= 0.6 is 0 Å². The Morgan fingerprint density at radius 1 is 1.36 bits per heavy atom. The van der Waals surface area contributed by atoms with Crippen LogP contribution in [-0.4, -0.2) is 16.5 Å². The molecular weight excluding hydrogens is 278 g/mol. The number of pyridine rings is 1. The summed E-state index contributed by atoms with van der Waals surface area (Å²) in [7, 11) is 0. The van der Waals surface area contributed by atoms with E-state index >= 15 is 0 Å². The molecule has 0 amide bonds. The van der Waals surface area contributed by atoms with E-state index in [1.54, 1.807) is 12.4 Å². The van der Waals surface area contributed by atoms with Crippen LogP contribution in [0.15, 0.2) is 35.9 Å². The van der Waals surface area contributed by atoms with Crippen molar-refractivity contribution in [3.63, 3.8) is 0 Å². The SMILES string of the molecule is CC1(C)CC(=O)C2=C(C1)OC(N)(C#N)CC2c1ccncc1. The summed E-state index contributed by atoms with van der Waals surface area (Å²) >= 11 is 0. The minimum atomic E-state index is -1.39. The van der Waals surface area contributed by atoms with Crippen molar-refractivity contribution in [2.75, 3.05) is 0 Å². The number of aromatic nitrogens is 1. The molecule has 0 saturated carbocycles. The van der Waals surface area contributed by atoms with Crippen LogP contribution in [0.2, 0.25) is 0 Å². The van der Waals surface area contributed by atoms with Crippen molar-refractivity contribution in [3.05, 3.63) is 41.4 Å². The maximum Gasteiger partial charge on any atom is 0.247 e. The first kappa shape index (κ1) is 14.7. The maximum absolute atomic E-state index is 12.7. The second-order valence-electron chi connectivity index (χ2n) is 6.92. The van der Waals surface area contributed by atoms with Crippen molar-refractivity contribution >= 4 is 5.78 Å². The number of nitrogens with zero attached hydrogens (tertiary/aromatic N) is 2. The fourth-order valence-electron chi connectivity index (χ4n) is 3.37. The molecule has 2 aliphatic rings. The molecule has 2 N–H and O–H groups in total. The van der Waals surface area contributed by atoms with Gasteiger partial charge in [0.2, 0.25) is 5.72 Å². The molecule has 114 valence electrons. The van der Waals surface area contributed by atoms with Crippen LogP contribution in [0.5, 0.6) is 0 Å². The number of carbonyl (C=O) groups is 1. The smallest absolute Gasteiger partial charge is 0.247 e. The van der Waals surface area contributed by atoms with Gasteiger partial charge in [0.15, 0.2) is 5.78 Å². The lowest BCUT2D eigenvalue weighted by atomic mass is 9.70. The fourth-order valence-corrected chi connectivity index (χ4v) is 3.37. The van der Waals surface area contributed by atoms with Crippen LogP contribution < -0.4 is 5.73 Å². The van der Waals surface area contributed by atoms with Gasteiger partial charge in [0.25, 0.3) is 0 Å². The molecule has 5 heteroatoms. The summed E-state index contributed by atoms with van der Waals surface area (Å²) in [5.41, 5.74) is 6.15. The number of nitriles is 1. The van der Waals surface area contributed by atoms with E-state index in [2.05, 4.69) is 4.98 Å². The third-order valence-corrected chi connectivity index (χ3v) is 4.34. The van der Waals surface area contributed by atoms with Crippen molar-refractivity contribution in [1.82, 2.24) is 4.98 Å². The highest BCUT2D eigenvalue weighted by Gasteiger charge is 2.46. The molecule has 0 saturated heterocycles. The second kappa shape index (κ2) is 4.92. The van der Waals surface area contributed by atoms with Crippen LogP contribution in [0.1, 0.15) is 44.6 Å². The first-order valence-electron chi connectivity index (χ1n) is 7.39. The van der Waals surface area contributed by atoms with Crippen LogP contribution in [0.4, 0.5) is 0 Å². The summed E-state index contributed by atoms with van der Waals surface area (Å²) in [5, 5.41) is 9.38. The third-order valence-electron chi connectivity index (χ3n) is 4.34. The number of rotatable bonds is 1.